The number of rotatable bonds is 6. The van der Waals surface area contributed by atoms with E-state index in [0.29, 0.717) is 5.82 Å². The van der Waals surface area contributed by atoms with Gasteiger partial charge in [0.2, 0.25) is 0 Å². The van der Waals surface area contributed by atoms with Gasteiger partial charge in [0.15, 0.2) is 5.82 Å². The molecule has 0 atom stereocenters. The highest BCUT2D eigenvalue weighted by Crippen LogP contribution is 2.40. The zero-order chi connectivity index (χ0) is 34.4. The van der Waals surface area contributed by atoms with Crippen LogP contribution in [0.15, 0.2) is 188 Å². The molecule has 0 saturated carbocycles. The molecule has 0 fully saturated rings. The van der Waals surface area contributed by atoms with E-state index < -0.39 is 0 Å². The van der Waals surface area contributed by atoms with Crippen molar-refractivity contribution in [1.82, 2.24) is 15.0 Å². The van der Waals surface area contributed by atoms with Gasteiger partial charge < -0.3 is 0 Å². The first-order chi connectivity index (χ1) is 25.7. The molecule has 2 aromatic heterocycles. The maximum atomic E-state index is 5.15. The molecule has 3 heteroatoms. The Kier molecular flexibility index (Phi) is 7.14. The van der Waals surface area contributed by atoms with Crippen molar-refractivity contribution in [3.05, 3.63) is 188 Å². The van der Waals surface area contributed by atoms with Crippen LogP contribution in [0.2, 0.25) is 0 Å². The summed E-state index contributed by atoms with van der Waals surface area (Å²) in [6.07, 6.45) is 3.64. The van der Waals surface area contributed by atoms with Crippen molar-refractivity contribution in [3.8, 4) is 67.3 Å². The van der Waals surface area contributed by atoms with Crippen LogP contribution in [0.4, 0.5) is 0 Å². The summed E-state index contributed by atoms with van der Waals surface area (Å²) in [6.45, 7) is 0. The maximum Gasteiger partial charge on any atom is 0.160 e. The van der Waals surface area contributed by atoms with Crippen molar-refractivity contribution in [2.24, 2.45) is 0 Å². The van der Waals surface area contributed by atoms with E-state index in [2.05, 4.69) is 163 Å². The van der Waals surface area contributed by atoms with Gasteiger partial charge in [-0.3, -0.25) is 4.98 Å². The number of hydrogen-bond donors (Lipinski definition) is 0. The first kappa shape index (κ1) is 29.9. The maximum absolute atomic E-state index is 5.15. The Morgan fingerprint density at radius 2 is 0.788 bits per heavy atom. The molecule has 52 heavy (non-hydrogen) atoms. The molecule has 0 saturated heterocycles. The SMILES string of the molecule is c1ccc(-c2ccc(-c3cc(-c4ccc(-c5ccc6ccc7cccc8ccc5c6c78)cc4)nc(-c4ccc(-c5ccncc5)cc4)n3)cc2)cc1. The lowest BCUT2D eigenvalue weighted by atomic mass is 9.89. The lowest BCUT2D eigenvalue weighted by Crippen LogP contribution is -1.96. The largest absolute Gasteiger partial charge is 0.265 e. The molecule has 8 aromatic carbocycles. The molecule has 242 valence electrons. The molecule has 0 bridgehead atoms. The van der Waals surface area contributed by atoms with E-state index in [1.807, 2.05) is 30.6 Å². The summed E-state index contributed by atoms with van der Waals surface area (Å²) < 4.78 is 0. The van der Waals surface area contributed by atoms with Gasteiger partial charge in [0.25, 0.3) is 0 Å². The molecule has 10 rings (SSSR count). The van der Waals surface area contributed by atoms with E-state index in [1.54, 1.807) is 0 Å². The Bertz CT molecular complexity index is 2730. The van der Waals surface area contributed by atoms with Crippen LogP contribution >= 0.6 is 0 Å². The second-order valence-corrected chi connectivity index (χ2v) is 13.3. The highest BCUT2D eigenvalue weighted by atomic mass is 14.9. The number of aromatic nitrogens is 3. The summed E-state index contributed by atoms with van der Waals surface area (Å²) in [7, 11) is 0. The minimum Gasteiger partial charge on any atom is -0.265 e. The van der Waals surface area contributed by atoms with Crippen LogP contribution in [0.5, 0.6) is 0 Å². The van der Waals surface area contributed by atoms with E-state index in [-0.39, 0.29) is 0 Å². The standard InChI is InChI=1S/C49H31N3/c1-2-5-32(6-3-1)33-9-15-37(16-10-33)45-31-46(52-49(51-45)42-21-11-34(12-22-42)35-27-29-50-30-28-35)38-17-13-36(14-18-38)43-25-23-41-20-19-39-7-4-8-40-24-26-44(43)48(41)47(39)40/h1-31H. The minimum atomic E-state index is 0.691. The predicted octanol–water partition coefficient (Wildman–Crippen LogP) is 12.8. The van der Waals surface area contributed by atoms with E-state index in [4.69, 9.17) is 9.97 Å². The van der Waals surface area contributed by atoms with Gasteiger partial charge in [-0.05, 0) is 83.9 Å². The van der Waals surface area contributed by atoms with Gasteiger partial charge in [-0.2, -0.15) is 0 Å². The predicted molar refractivity (Wildman–Crippen MR) is 216 cm³/mol. The molecule has 10 aromatic rings. The van der Waals surface area contributed by atoms with Crippen molar-refractivity contribution >= 4 is 32.3 Å². The van der Waals surface area contributed by atoms with E-state index in [0.717, 1.165) is 39.2 Å². The van der Waals surface area contributed by atoms with Crippen LogP contribution in [0.25, 0.3) is 99.6 Å². The molecule has 0 spiro atoms. The number of hydrogen-bond acceptors (Lipinski definition) is 3. The molecule has 0 N–H and O–H groups in total. The molecule has 0 unspecified atom stereocenters. The highest BCUT2D eigenvalue weighted by Gasteiger charge is 2.14. The molecule has 3 nitrogen and oxygen atoms in total. The second-order valence-electron chi connectivity index (χ2n) is 13.3. The monoisotopic (exact) mass is 661 g/mol. The topological polar surface area (TPSA) is 38.7 Å². The Morgan fingerprint density at radius 3 is 1.42 bits per heavy atom. The lowest BCUT2D eigenvalue weighted by molar-refractivity contribution is 1.18. The zero-order valence-electron chi connectivity index (χ0n) is 28.2. The van der Waals surface area contributed by atoms with Gasteiger partial charge in [-0.1, -0.05) is 158 Å². The first-order valence-electron chi connectivity index (χ1n) is 17.6. The summed E-state index contributed by atoms with van der Waals surface area (Å²) >= 11 is 0. The van der Waals surface area contributed by atoms with E-state index >= 15 is 0 Å². The first-order valence-corrected chi connectivity index (χ1v) is 17.6. The third-order valence-electron chi connectivity index (χ3n) is 10.2. The van der Waals surface area contributed by atoms with Crippen molar-refractivity contribution in [2.45, 2.75) is 0 Å². The average molecular weight is 662 g/mol. The van der Waals surface area contributed by atoms with Gasteiger partial charge in [-0.15, -0.1) is 0 Å². The van der Waals surface area contributed by atoms with E-state index in [9.17, 15) is 0 Å². The summed E-state index contributed by atoms with van der Waals surface area (Å²) in [4.78, 5) is 14.4. The van der Waals surface area contributed by atoms with Crippen LogP contribution in [0.3, 0.4) is 0 Å². The summed E-state index contributed by atoms with van der Waals surface area (Å²) in [5.41, 5.74) is 11.8. The fourth-order valence-corrected chi connectivity index (χ4v) is 7.50. The minimum absolute atomic E-state index is 0.691. The number of pyridine rings is 1. The van der Waals surface area contributed by atoms with Crippen LogP contribution in [0, 0.1) is 0 Å². The quantitative estimate of drug-likeness (QED) is 0.166. The molecular formula is C49H31N3. The third kappa shape index (κ3) is 5.28. The zero-order valence-corrected chi connectivity index (χ0v) is 28.2. The average Bonchev–Trinajstić information content (AvgIpc) is 3.23. The van der Waals surface area contributed by atoms with Crippen LogP contribution in [-0.2, 0) is 0 Å². The molecule has 0 aliphatic carbocycles. The number of benzene rings is 8. The molecule has 0 aliphatic heterocycles. The van der Waals surface area contributed by atoms with Crippen molar-refractivity contribution in [3.63, 3.8) is 0 Å². The summed E-state index contributed by atoms with van der Waals surface area (Å²) in [5, 5.41) is 7.76. The molecular weight excluding hydrogens is 631 g/mol. The van der Waals surface area contributed by atoms with Gasteiger partial charge in [-0.25, -0.2) is 9.97 Å². The Balaban J connectivity index is 1.06. The second kappa shape index (κ2) is 12.4. The van der Waals surface area contributed by atoms with Crippen molar-refractivity contribution in [2.75, 3.05) is 0 Å². The number of nitrogens with zero attached hydrogens (tertiary/aromatic N) is 3. The van der Waals surface area contributed by atoms with Crippen LogP contribution in [-0.4, -0.2) is 15.0 Å². The van der Waals surface area contributed by atoms with E-state index in [1.165, 1.54) is 54.6 Å². The smallest absolute Gasteiger partial charge is 0.160 e. The Morgan fingerprint density at radius 1 is 0.308 bits per heavy atom. The summed E-state index contributed by atoms with van der Waals surface area (Å²) in [5.74, 6) is 0.691. The van der Waals surface area contributed by atoms with Gasteiger partial charge in [0.1, 0.15) is 0 Å². The van der Waals surface area contributed by atoms with Gasteiger partial charge in [0.05, 0.1) is 11.4 Å². The molecule has 2 heterocycles. The van der Waals surface area contributed by atoms with Crippen LogP contribution < -0.4 is 0 Å². The highest BCUT2D eigenvalue weighted by molar-refractivity contribution is 6.25. The van der Waals surface area contributed by atoms with Crippen molar-refractivity contribution < 1.29 is 0 Å². The fourth-order valence-electron chi connectivity index (χ4n) is 7.50. The third-order valence-corrected chi connectivity index (χ3v) is 10.2. The molecule has 0 radical (unpaired) electrons. The van der Waals surface area contributed by atoms with Crippen LogP contribution in [0.1, 0.15) is 0 Å². The lowest BCUT2D eigenvalue weighted by Gasteiger charge is -2.14. The Hall–Kier alpha value is -6.97. The summed E-state index contributed by atoms with van der Waals surface area (Å²) in [6, 6.07) is 62.6. The fraction of sp³-hybridized carbons (Fsp3) is 0. The Labute approximate surface area is 301 Å². The van der Waals surface area contributed by atoms with Gasteiger partial charge >= 0.3 is 0 Å². The normalized spacial score (nSPS) is 11.5. The van der Waals surface area contributed by atoms with Crippen molar-refractivity contribution in [1.29, 1.82) is 0 Å². The molecule has 0 amide bonds. The van der Waals surface area contributed by atoms with Gasteiger partial charge in [0, 0.05) is 29.1 Å². The molecule has 0 aliphatic rings.